The minimum atomic E-state index is 0.325. The van der Waals surface area contributed by atoms with E-state index in [9.17, 15) is 4.79 Å². The van der Waals surface area contributed by atoms with Crippen LogP contribution >= 0.6 is 0 Å². The highest BCUT2D eigenvalue weighted by Crippen LogP contribution is 2.20. The van der Waals surface area contributed by atoms with E-state index in [1.54, 1.807) is 0 Å². The van der Waals surface area contributed by atoms with Gasteiger partial charge in [-0.15, -0.1) is 0 Å². The molecule has 4 nitrogen and oxygen atoms in total. The maximum Gasteiger partial charge on any atom is 0.222 e. The molecule has 4 heteroatoms. The van der Waals surface area contributed by atoms with Crippen molar-refractivity contribution in [3.63, 3.8) is 0 Å². The lowest BCUT2D eigenvalue weighted by Crippen LogP contribution is -2.44. The van der Waals surface area contributed by atoms with E-state index in [-0.39, 0.29) is 0 Å². The number of amides is 1. The van der Waals surface area contributed by atoms with Crippen LogP contribution in [0.1, 0.15) is 58.8 Å². The van der Waals surface area contributed by atoms with Gasteiger partial charge in [-0.1, -0.05) is 13.8 Å². The number of nitrogens with one attached hydrogen (secondary N) is 1. The lowest BCUT2D eigenvalue weighted by molar-refractivity contribution is -0.134. The molecule has 0 bridgehead atoms. The van der Waals surface area contributed by atoms with Crippen LogP contribution in [-0.4, -0.2) is 49.2 Å². The molecule has 2 rings (SSSR count). The zero-order chi connectivity index (χ0) is 15.1. The minimum Gasteiger partial charge on any atom is -0.378 e. The maximum absolute atomic E-state index is 12.4. The predicted molar refractivity (Wildman–Crippen MR) is 85.3 cm³/mol. The van der Waals surface area contributed by atoms with Gasteiger partial charge < -0.3 is 15.0 Å². The highest BCUT2D eigenvalue weighted by atomic mass is 16.5. The number of piperidine rings is 1. The fourth-order valence-electron chi connectivity index (χ4n) is 3.34. The van der Waals surface area contributed by atoms with Crippen molar-refractivity contribution in [2.24, 2.45) is 5.92 Å². The van der Waals surface area contributed by atoms with Gasteiger partial charge in [-0.3, -0.25) is 4.79 Å². The van der Waals surface area contributed by atoms with Gasteiger partial charge in [0, 0.05) is 32.2 Å². The molecular formula is C17H32N2O2. The molecule has 1 amide bonds. The molecule has 2 heterocycles. The van der Waals surface area contributed by atoms with Gasteiger partial charge in [0.05, 0.1) is 6.10 Å². The third-order valence-electron chi connectivity index (χ3n) is 4.64. The number of rotatable bonds is 6. The first-order chi connectivity index (χ1) is 10.1. The Balaban J connectivity index is 1.68. The molecular weight excluding hydrogens is 264 g/mol. The van der Waals surface area contributed by atoms with Crippen LogP contribution in [0.2, 0.25) is 0 Å². The molecule has 1 N–H and O–H groups in total. The van der Waals surface area contributed by atoms with Crippen LogP contribution in [0.4, 0.5) is 0 Å². The molecule has 2 saturated heterocycles. The van der Waals surface area contributed by atoms with E-state index in [0.29, 0.717) is 30.4 Å². The molecule has 122 valence electrons. The maximum atomic E-state index is 12.4. The number of carbonyl (C=O) groups excluding carboxylic acids is 1. The number of hydrogen-bond acceptors (Lipinski definition) is 3. The molecule has 0 saturated carbocycles. The standard InChI is InChI=1S/C17H32N2O2/c1-14(2)18-12-15-6-5-10-19(13-15)17(20)9-8-16-7-3-4-11-21-16/h14-16,18H,3-13H2,1-2H3. The van der Waals surface area contributed by atoms with Gasteiger partial charge in [0.25, 0.3) is 0 Å². The summed E-state index contributed by atoms with van der Waals surface area (Å²) in [4.78, 5) is 14.5. The SMILES string of the molecule is CC(C)NCC1CCCN(C(=O)CCC2CCCCO2)C1. The van der Waals surface area contributed by atoms with E-state index >= 15 is 0 Å². The zero-order valence-electron chi connectivity index (χ0n) is 13.8. The van der Waals surface area contributed by atoms with Crippen molar-refractivity contribution in [3.05, 3.63) is 0 Å². The van der Waals surface area contributed by atoms with Crippen LogP contribution in [0.25, 0.3) is 0 Å². The Labute approximate surface area is 129 Å². The third kappa shape index (κ3) is 5.95. The van der Waals surface area contributed by atoms with Gasteiger partial charge in [0.1, 0.15) is 0 Å². The van der Waals surface area contributed by atoms with Crippen LogP contribution in [-0.2, 0) is 9.53 Å². The average molecular weight is 296 g/mol. The van der Waals surface area contributed by atoms with Crippen molar-refractivity contribution in [2.45, 2.75) is 70.9 Å². The molecule has 0 radical (unpaired) electrons. The molecule has 21 heavy (non-hydrogen) atoms. The van der Waals surface area contributed by atoms with Gasteiger partial charge in [-0.2, -0.15) is 0 Å². The van der Waals surface area contributed by atoms with Crippen molar-refractivity contribution >= 4 is 5.91 Å². The van der Waals surface area contributed by atoms with Crippen molar-refractivity contribution < 1.29 is 9.53 Å². The fourth-order valence-corrected chi connectivity index (χ4v) is 3.34. The van der Waals surface area contributed by atoms with Crippen LogP contribution < -0.4 is 5.32 Å². The van der Waals surface area contributed by atoms with E-state index in [4.69, 9.17) is 4.74 Å². The summed E-state index contributed by atoms with van der Waals surface area (Å²) in [6, 6.07) is 0.527. The summed E-state index contributed by atoms with van der Waals surface area (Å²) in [7, 11) is 0. The Hall–Kier alpha value is -0.610. The summed E-state index contributed by atoms with van der Waals surface area (Å²) in [6.45, 7) is 8.15. The average Bonchev–Trinajstić information content (AvgIpc) is 2.52. The molecule has 2 atom stereocenters. The molecule has 0 aromatic rings. The Morgan fingerprint density at radius 3 is 2.86 bits per heavy atom. The number of carbonyl (C=O) groups is 1. The van der Waals surface area contributed by atoms with Crippen LogP contribution in [0.15, 0.2) is 0 Å². The normalized spacial score (nSPS) is 27.1. The summed E-state index contributed by atoms with van der Waals surface area (Å²) in [5.41, 5.74) is 0. The molecule has 2 unspecified atom stereocenters. The molecule has 0 spiro atoms. The molecule has 0 aromatic heterocycles. The van der Waals surface area contributed by atoms with Crippen molar-refractivity contribution in [1.29, 1.82) is 0 Å². The Kier molecular flexibility index (Phi) is 6.97. The van der Waals surface area contributed by atoms with Crippen molar-refractivity contribution in [3.8, 4) is 0 Å². The molecule has 2 aliphatic heterocycles. The van der Waals surface area contributed by atoms with E-state index in [2.05, 4.69) is 24.1 Å². The van der Waals surface area contributed by atoms with Crippen LogP contribution in [0, 0.1) is 5.92 Å². The summed E-state index contributed by atoms with van der Waals surface area (Å²) in [5.74, 6) is 0.953. The number of hydrogen-bond donors (Lipinski definition) is 1. The molecule has 0 aliphatic carbocycles. The number of nitrogens with zero attached hydrogens (tertiary/aromatic N) is 1. The van der Waals surface area contributed by atoms with Gasteiger partial charge in [-0.05, 0) is 51.0 Å². The topological polar surface area (TPSA) is 41.6 Å². The quantitative estimate of drug-likeness (QED) is 0.819. The van der Waals surface area contributed by atoms with Crippen molar-refractivity contribution in [2.75, 3.05) is 26.2 Å². The minimum absolute atomic E-state index is 0.325. The zero-order valence-corrected chi connectivity index (χ0v) is 13.8. The molecule has 0 aromatic carbocycles. The largest absolute Gasteiger partial charge is 0.378 e. The van der Waals surface area contributed by atoms with Gasteiger partial charge in [0.2, 0.25) is 5.91 Å². The Morgan fingerprint density at radius 1 is 1.29 bits per heavy atom. The van der Waals surface area contributed by atoms with Crippen molar-refractivity contribution in [1.82, 2.24) is 10.2 Å². The van der Waals surface area contributed by atoms with Crippen LogP contribution in [0.5, 0.6) is 0 Å². The highest BCUT2D eigenvalue weighted by molar-refractivity contribution is 5.76. The highest BCUT2D eigenvalue weighted by Gasteiger charge is 2.24. The van der Waals surface area contributed by atoms with E-state index in [1.807, 2.05) is 0 Å². The monoisotopic (exact) mass is 296 g/mol. The first kappa shape index (κ1) is 16.8. The molecule has 2 aliphatic rings. The second-order valence-electron chi connectivity index (χ2n) is 6.94. The third-order valence-corrected chi connectivity index (χ3v) is 4.64. The fraction of sp³-hybridized carbons (Fsp3) is 0.941. The van der Waals surface area contributed by atoms with Gasteiger partial charge in [0.15, 0.2) is 0 Å². The van der Waals surface area contributed by atoms with Crippen LogP contribution in [0.3, 0.4) is 0 Å². The smallest absolute Gasteiger partial charge is 0.222 e. The summed E-state index contributed by atoms with van der Waals surface area (Å²) in [6.07, 6.45) is 7.86. The first-order valence-electron chi connectivity index (χ1n) is 8.78. The first-order valence-corrected chi connectivity index (χ1v) is 8.78. The molecule has 2 fully saturated rings. The summed E-state index contributed by atoms with van der Waals surface area (Å²) < 4.78 is 5.72. The second kappa shape index (κ2) is 8.74. The second-order valence-corrected chi connectivity index (χ2v) is 6.94. The lowest BCUT2D eigenvalue weighted by atomic mass is 9.97. The van der Waals surface area contributed by atoms with Gasteiger partial charge in [-0.25, -0.2) is 0 Å². The number of ether oxygens (including phenoxy) is 1. The van der Waals surface area contributed by atoms with E-state index in [0.717, 1.165) is 45.5 Å². The summed E-state index contributed by atoms with van der Waals surface area (Å²) in [5, 5.41) is 3.50. The Morgan fingerprint density at radius 2 is 2.14 bits per heavy atom. The Bertz CT molecular complexity index is 314. The predicted octanol–water partition coefficient (Wildman–Crippen LogP) is 2.57. The van der Waals surface area contributed by atoms with E-state index in [1.165, 1.54) is 19.3 Å². The number of likely N-dealkylation sites (tertiary alicyclic amines) is 1. The summed E-state index contributed by atoms with van der Waals surface area (Å²) >= 11 is 0. The lowest BCUT2D eigenvalue weighted by Gasteiger charge is -2.34. The van der Waals surface area contributed by atoms with Gasteiger partial charge >= 0.3 is 0 Å². The van der Waals surface area contributed by atoms with E-state index < -0.39 is 0 Å².